The summed E-state index contributed by atoms with van der Waals surface area (Å²) in [6, 6.07) is 6.09. The van der Waals surface area contributed by atoms with Crippen molar-refractivity contribution in [2.24, 2.45) is 0 Å². The van der Waals surface area contributed by atoms with Gasteiger partial charge in [-0.2, -0.15) is 0 Å². The van der Waals surface area contributed by atoms with Crippen molar-refractivity contribution in [2.45, 2.75) is 17.9 Å². The van der Waals surface area contributed by atoms with Crippen LogP contribution < -0.4 is 10.5 Å². The van der Waals surface area contributed by atoms with Crippen LogP contribution in [-0.4, -0.2) is 8.42 Å². The Morgan fingerprint density at radius 3 is 2.68 bits per heavy atom. The highest BCUT2D eigenvalue weighted by molar-refractivity contribution is 7.89. The standard InChI is InChI=1S/C12H13FN2O3S/c1-8(12-3-2-6-18-12)15-19(16,17)9-4-5-11(14)10(13)7-9/h2-8,15H,14H2,1H3. The minimum absolute atomic E-state index is 0.0990. The molecule has 1 atom stereocenters. The van der Waals surface area contributed by atoms with Gasteiger partial charge in [0.1, 0.15) is 11.6 Å². The molecule has 7 heteroatoms. The largest absolute Gasteiger partial charge is 0.468 e. The molecule has 0 aliphatic rings. The second kappa shape index (κ2) is 5.02. The Balaban J connectivity index is 2.25. The number of hydrogen-bond acceptors (Lipinski definition) is 4. The zero-order chi connectivity index (χ0) is 14.0. The second-order valence-electron chi connectivity index (χ2n) is 4.04. The first kappa shape index (κ1) is 13.6. The van der Waals surface area contributed by atoms with Crippen LogP contribution in [-0.2, 0) is 10.0 Å². The van der Waals surface area contributed by atoms with Gasteiger partial charge in [0.15, 0.2) is 0 Å². The number of nitrogens with one attached hydrogen (secondary N) is 1. The molecule has 19 heavy (non-hydrogen) atoms. The highest BCUT2D eigenvalue weighted by Crippen LogP contribution is 2.19. The van der Waals surface area contributed by atoms with E-state index in [1.54, 1.807) is 19.1 Å². The van der Waals surface area contributed by atoms with Gasteiger partial charge in [0.2, 0.25) is 10.0 Å². The molecule has 0 spiro atoms. The summed E-state index contributed by atoms with van der Waals surface area (Å²) in [7, 11) is -3.83. The van der Waals surface area contributed by atoms with Crippen LogP contribution in [0.4, 0.5) is 10.1 Å². The normalized spacial score (nSPS) is 13.4. The molecule has 0 aliphatic heterocycles. The summed E-state index contributed by atoms with van der Waals surface area (Å²) in [5.41, 5.74) is 5.21. The van der Waals surface area contributed by atoms with E-state index in [0.29, 0.717) is 5.76 Å². The van der Waals surface area contributed by atoms with Crippen LogP contribution >= 0.6 is 0 Å². The first-order valence-corrected chi connectivity index (χ1v) is 6.99. The van der Waals surface area contributed by atoms with Crippen molar-refractivity contribution in [1.29, 1.82) is 0 Å². The van der Waals surface area contributed by atoms with Gasteiger partial charge in [-0.25, -0.2) is 17.5 Å². The van der Waals surface area contributed by atoms with Gasteiger partial charge < -0.3 is 10.2 Å². The van der Waals surface area contributed by atoms with Crippen LogP contribution in [0, 0.1) is 5.82 Å². The van der Waals surface area contributed by atoms with Gasteiger partial charge in [0.25, 0.3) is 0 Å². The lowest BCUT2D eigenvalue weighted by Gasteiger charge is -2.12. The Labute approximate surface area is 110 Å². The van der Waals surface area contributed by atoms with Crippen molar-refractivity contribution in [1.82, 2.24) is 4.72 Å². The third kappa shape index (κ3) is 2.94. The Hall–Kier alpha value is -1.86. The van der Waals surface area contributed by atoms with Crippen LogP contribution in [0.5, 0.6) is 0 Å². The summed E-state index contributed by atoms with van der Waals surface area (Å²) in [4.78, 5) is -0.183. The van der Waals surface area contributed by atoms with Gasteiger partial charge in [-0.3, -0.25) is 0 Å². The summed E-state index contributed by atoms with van der Waals surface area (Å²) in [5.74, 6) is -0.298. The number of halogens is 1. The maximum Gasteiger partial charge on any atom is 0.241 e. The predicted molar refractivity (Wildman–Crippen MR) is 68.3 cm³/mol. The van der Waals surface area contributed by atoms with Crippen LogP contribution in [0.2, 0.25) is 0 Å². The number of hydrogen-bond donors (Lipinski definition) is 2. The molecule has 0 bridgehead atoms. The Morgan fingerprint density at radius 1 is 1.37 bits per heavy atom. The zero-order valence-corrected chi connectivity index (χ0v) is 10.9. The maximum atomic E-state index is 13.3. The zero-order valence-electron chi connectivity index (χ0n) is 10.1. The van der Waals surface area contributed by atoms with Crippen molar-refractivity contribution in [2.75, 3.05) is 5.73 Å². The predicted octanol–water partition coefficient (Wildman–Crippen LogP) is 2.04. The minimum atomic E-state index is -3.83. The van der Waals surface area contributed by atoms with Crippen molar-refractivity contribution in [3.8, 4) is 0 Å². The van der Waals surface area contributed by atoms with Gasteiger partial charge in [-0.05, 0) is 37.3 Å². The monoisotopic (exact) mass is 284 g/mol. The molecule has 0 fully saturated rings. The van der Waals surface area contributed by atoms with E-state index in [4.69, 9.17) is 10.2 Å². The molecule has 102 valence electrons. The fourth-order valence-electron chi connectivity index (χ4n) is 1.57. The number of rotatable bonds is 4. The molecular weight excluding hydrogens is 271 g/mol. The molecule has 1 aromatic carbocycles. The number of furan rings is 1. The molecule has 5 nitrogen and oxygen atoms in total. The number of nitrogen functional groups attached to an aromatic ring is 1. The van der Waals surface area contributed by atoms with E-state index in [9.17, 15) is 12.8 Å². The fraction of sp³-hybridized carbons (Fsp3) is 0.167. The molecule has 3 N–H and O–H groups in total. The SMILES string of the molecule is CC(NS(=O)(=O)c1ccc(N)c(F)c1)c1ccco1. The number of anilines is 1. The van der Waals surface area contributed by atoms with Crippen molar-refractivity contribution < 1.29 is 17.2 Å². The average molecular weight is 284 g/mol. The third-order valence-corrected chi connectivity index (χ3v) is 4.12. The number of benzene rings is 1. The molecule has 0 saturated carbocycles. The van der Waals surface area contributed by atoms with Gasteiger partial charge in [-0.15, -0.1) is 0 Å². The van der Waals surface area contributed by atoms with Crippen molar-refractivity contribution in [3.63, 3.8) is 0 Å². The first-order chi connectivity index (χ1) is 8.90. The lowest BCUT2D eigenvalue weighted by molar-refractivity contribution is 0.459. The lowest BCUT2D eigenvalue weighted by Crippen LogP contribution is -2.26. The summed E-state index contributed by atoms with van der Waals surface area (Å²) in [6.45, 7) is 1.63. The highest BCUT2D eigenvalue weighted by atomic mass is 32.2. The lowest BCUT2D eigenvalue weighted by atomic mass is 10.3. The highest BCUT2D eigenvalue weighted by Gasteiger charge is 2.20. The van der Waals surface area contributed by atoms with Gasteiger partial charge in [0, 0.05) is 0 Å². The molecule has 1 aromatic heterocycles. The summed E-state index contributed by atoms with van der Waals surface area (Å²) in [5, 5.41) is 0. The molecule has 0 saturated heterocycles. The second-order valence-corrected chi connectivity index (χ2v) is 5.76. The summed E-state index contributed by atoms with van der Waals surface area (Å²) < 4.78 is 44.9. The number of sulfonamides is 1. The summed E-state index contributed by atoms with van der Waals surface area (Å²) in [6.07, 6.45) is 1.45. The van der Waals surface area contributed by atoms with Gasteiger partial charge in [0.05, 0.1) is 22.9 Å². The van der Waals surface area contributed by atoms with Gasteiger partial charge >= 0.3 is 0 Å². The first-order valence-electron chi connectivity index (χ1n) is 5.51. The molecule has 0 radical (unpaired) electrons. The van der Waals surface area contributed by atoms with E-state index in [-0.39, 0.29) is 10.6 Å². The van der Waals surface area contributed by atoms with Crippen LogP contribution in [0.15, 0.2) is 45.9 Å². The maximum absolute atomic E-state index is 13.3. The number of nitrogens with two attached hydrogens (primary N) is 1. The quantitative estimate of drug-likeness (QED) is 0.841. The van der Waals surface area contributed by atoms with Crippen LogP contribution in [0.1, 0.15) is 18.7 Å². The molecule has 2 rings (SSSR count). The third-order valence-electron chi connectivity index (χ3n) is 2.58. The Kier molecular flexibility index (Phi) is 3.59. The van der Waals surface area contributed by atoms with E-state index in [2.05, 4.69) is 4.72 Å². The molecule has 0 aliphatic carbocycles. The smallest absolute Gasteiger partial charge is 0.241 e. The van der Waals surface area contributed by atoms with Crippen molar-refractivity contribution in [3.05, 3.63) is 48.2 Å². The van der Waals surface area contributed by atoms with E-state index in [0.717, 1.165) is 6.07 Å². The molecule has 2 aromatic rings. The van der Waals surface area contributed by atoms with Gasteiger partial charge in [-0.1, -0.05) is 0 Å². The molecule has 1 heterocycles. The Morgan fingerprint density at radius 2 is 2.11 bits per heavy atom. The summed E-state index contributed by atoms with van der Waals surface area (Å²) >= 11 is 0. The minimum Gasteiger partial charge on any atom is -0.468 e. The topological polar surface area (TPSA) is 85.3 Å². The molecule has 0 amide bonds. The molecule has 1 unspecified atom stereocenters. The van der Waals surface area contributed by atoms with E-state index in [1.165, 1.54) is 18.4 Å². The Bertz CT molecular complexity index is 668. The van der Waals surface area contributed by atoms with Crippen LogP contribution in [0.25, 0.3) is 0 Å². The van der Waals surface area contributed by atoms with Crippen molar-refractivity contribution >= 4 is 15.7 Å². The fourth-order valence-corrected chi connectivity index (χ4v) is 2.80. The van der Waals surface area contributed by atoms with E-state index < -0.39 is 21.9 Å². The van der Waals surface area contributed by atoms with E-state index in [1.807, 2.05) is 0 Å². The van der Waals surface area contributed by atoms with E-state index >= 15 is 0 Å². The van der Waals surface area contributed by atoms with Crippen LogP contribution in [0.3, 0.4) is 0 Å². The molecular formula is C12H13FN2O3S. The average Bonchev–Trinajstić information content (AvgIpc) is 2.85.